The maximum absolute atomic E-state index is 2.63. The first kappa shape index (κ1) is 34.7. The van der Waals surface area contributed by atoms with E-state index in [-0.39, 0.29) is 10.8 Å². The van der Waals surface area contributed by atoms with Crippen molar-refractivity contribution in [1.82, 2.24) is 0 Å². The van der Waals surface area contributed by atoms with E-state index in [0.717, 1.165) is 23.7 Å². The first-order valence-electron chi connectivity index (χ1n) is 22.4. The van der Waals surface area contributed by atoms with Crippen LogP contribution in [0.5, 0.6) is 0 Å². The van der Waals surface area contributed by atoms with E-state index in [1.165, 1.54) is 116 Å². The summed E-state index contributed by atoms with van der Waals surface area (Å²) in [4.78, 5) is 2.52. The summed E-state index contributed by atoms with van der Waals surface area (Å²) in [6, 6.07) is 67.1. The van der Waals surface area contributed by atoms with Gasteiger partial charge in [0.2, 0.25) is 0 Å². The highest BCUT2D eigenvalue weighted by Crippen LogP contribution is 2.69. The van der Waals surface area contributed by atoms with Crippen molar-refractivity contribution in [2.24, 2.45) is 23.7 Å². The number of hydrogen-bond donors (Lipinski definition) is 0. The number of anilines is 3. The Balaban J connectivity index is 0.950. The molecule has 0 aromatic heterocycles. The van der Waals surface area contributed by atoms with Crippen molar-refractivity contribution in [3.8, 4) is 44.5 Å². The highest BCUT2D eigenvalue weighted by molar-refractivity contribution is 5.91. The van der Waals surface area contributed by atoms with E-state index >= 15 is 0 Å². The lowest BCUT2D eigenvalue weighted by Gasteiger charge is -2.61. The van der Waals surface area contributed by atoms with Gasteiger partial charge >= 0.3 is 0 Å². The zero-order chi connectivity index (χ0) is 39.7. The van der Waals surface area contributed by atoms with E-state index in [1.54, 1.807) is 11.1 Å². The first-order chi connectivity index (χ1) is 29.4. The molecule has 0 atom stereocenters. The van der Waals surface area contributed by atoms with E-state index in [4.69, 9.17) is 0 Å². The smallest absolute Gasteiger partial charge is 0.0465 e. The summed E-state index contributed by atoms with van der Waals surface area (Å²) in [6.45, 7) is 4.78. The van der Waals surface area contributed by atoms with E-state index in [0.29, 0.717) is 0 Å². The van der Waals surface area contributed by atoms with E-state index < -0.39 is 0 Å². The standard InChI is InChI=1S/C59H49N/c1-58(2)54-16-7-5-13-51(54)53-15-9-14-49(57(53)58)41-22-26-47(27-23-41)60(46-24-20-40(21-25-46)43-19-18-39-10-3-4-11-42(39)35-43)48-28-29-52-50-12-6-8-17-55(50)59(56(52)36-48)44-31-37-30-38(33-44)34-45(59)32-37/h3-29,35-38,44-45H,30-34H2,1-2H3. The minimum absolute atomic E-state index is 0.0735. The molecular formula is C59H49N. The van der Waals surface area contributed by atoms with Crippen LogP contribution in [0.15, 0.2) is 176 Å². The lowest BCUT2D eigenvalue weighted by molar-refractivity contribution is -0.0399. The van der Waals surface area contributed by atoms with Gasteiger partial charge in [-0.1, -0.05) is 147 Å². The molecule has 290 valence electrons. The molecule has 0 unspecified atom stereocenters. The van der Waals surface area contributed by atoms with Crippen LogP contribution in [-0.4, -0.2) is 0 Å². The Morgan fingerprint density at radius 3 is 1.63 bits per heavy atom. The van der Waals surface area contributed by atoms with E-state index in [2.05, 4.69) is 195 Å². The van der Waals surface area contributed by atoms with Crippen LogP contribution in [0.2, 0.25) is 0 Å². The van der Waals surface area contributed by atoms with Crippen LogP contribution in [0, 0.1) is 23.7 Å². The third-order valence-electron chi connectivity index (χ3n) is 16.0. The quantitative estimate of drug-likeness (QED) is 0.168. The summed E-state index contributed by atoms with van der Waals surface area (Å²) < 4.78 is 0. The Kier molecular flexibility index (Phi) is 7.32. The molecule has 4 saturated carbocycles. The molecule has 8 aromatic rings. The van der Waals surface area contributed by atoms with Crippen molar-refractivity contribution in [3.63, 3.8) is 0 Å². The van der Waals surface area contributed by atoms with Gasteiger partial charge in [-0.3, -0.25) is 0 Å². The molecule has 0 N–H and O–H groups in total. The normalized spacial score (nSPS) is 23.4. The Morgan fingerprint density at radius 2 is 0.917 bits per heavy atom. The monoisotopic (exact) mass is 771 g/mol. The van der Waals surface area contributed by atoms with Gasteiger partial charge in [-0.05, 0) is 176 Å². The molecule has 6 aliphatic rings. The average Bonchev–Trinajstić information content (AvgIpc) is 3.71. The fraction of sp³-hybridized carbons (Fsp3) is 0.220. The zero-order valence-corrected chi connectivity index (χ0v) is 34.5. The predicted octanol–water partition coefficient (Wildman–Crippen LogP) is 15.7. The minimum atomic E-state index is -0.0735. The minimum Gasteiger partial charge on any atom is -0.310 e. The molecule has 0 radical (unpaired) electrons. The van der Waals surface area contributed by atoms with Crippen LogP contribution in [0.1, 0.15) is 68.2 Å². The molecule has 4 fully saturated rings. The Bertz CT molecular complexity index is 2990. The topological polar surface area (TPSA) is 3.24 Å². The number of rotatable bonds is 5. The molecule has 6 aliphatic carbocycles. The maximum Gasteiger partial charge on any atom is 0.0465 e. The van der Waals surface area contributed by atoms with E-state index in [9.17, 15) is 0 Å². The fourth-order valence-corrected chi connectivity index (χ4v) is 13.8. The van der Waals surface area contributed by atoms with Crippen molar-refractivity contribution in [2.75, 3.05) is 4.90 Å². The summed E-state index contributed by atoms with van der Waals surface area (Å²) in [7, 11) is 0. The lowest BCUT2D eigenvalue weighted by Crippen LogP contribution is -2.55. The van der Waals surface area contributed by atoms with Crippen molar-refractivity contribution < 1.29 is 0 Å². The van der Waals surface area contributed by atoms with Gasteiger partial charge < -0.3 is 4.90 Å². The highest BCUT2D eigenvalue weighted by Gasteiger charge is 2.61. The summed E-state index contributed by atoms with van der Waals surface area (Å²) in [5.41, 5.74) is 20.4. The van der Waals surface area contributed by atoms with Gasteiger partial charge in [-0.25, -0.2) is 0 Å². The Morgan fingerprint density at radius 1 is 0.383 bits per heavy atom. The number of hydrogen-bond acceptors (Lipinski definition) is 1. The molecular weight excluding hydrogens is 723 g/mol. The number of nitrogens with zero attached hydrogens (tertiary/aromatic N) is 1. The molecule has 14 rings (SSSR count). The number of benzene rings is 8. The molecule has 4 bridgehead atoms. The van der Waals surface area contributed by atoms with Gasteiger partial charge in [0.25, 0.3) is 0 Å². The Labute approximate surface area is 354 Å². The summed E-state index contributed by atoms with van der Waals surface area (Å²) in [6.07, 6.45) is 7.01. The molecule has 0 heterocycles. The SMILES string of the molecule is CC1(C)c2ccccc2-c2cccc(-c3ccc(N(c4ccc(-c5ccc6ccccc6c5)cc4)c4ccc5c(c4)C4(c6ccccc6-5)C5CC6CC(C5)CC4C6)cc3)c21. The van der Waals surface area contributed by atoms with E-state index in [1.807, 2.05) is 0 Å². The fourth-order valence-electron chi connectivity index (χ4n) is 13.8. The van der Waals surface area contributed by atoms with Gasteiger partial charge in [0.05, 0.1) is 0 Å². The van der Waals surface area contributed by atoms with Gasteiger partial charge in [0.1, 0.15) is 0 Å². The van der Waals surface area contributed by atoms with Crippen molar-refractivity contribution in [2.45, 2.75) is 56.8 Å². The molecule has 0 amide bonds. The van der Waals surface area contributed by atoms with Crippen LogP contribution in [0.4, 0.5) is 17.1 Å². The second-order valence-corrected chi connectivity index (χ2v) is 19.3. The third kappa shape index (κ3) is 4.81. The third-order valence-corrected chi connectivity index (χ3v) is 16.0. The second kappa shape index (κ2) is 12.7. The average molecular weight is 772 g/mol. The summed E-state index contributed by atoms with van der Waals surface area (Å²) >= 11 is 0. The highest BCUT2D eigenvalue weighted by atomic mass is 15.1. The van der Waals surface area contributed by atoms with Gasteiger partial charge in [0.15, 0.2) is 0 Å². The Hall–Kier alpha value is -6.18. The molecule has 0 saturated heterocycles. The van der Waals surface area contributed by atoms with Crippen LogP contribution < -0.4 is 4.90 Å². The van der Waals surface area contributed by atoms with Crippen LogP contribution in [-0.2, 0) is 10.8 Å². The molecule has 0 aliphatic heterocycles. The molecule has 1 nitrogen and oxygen atoms in total. The number of fused-ring (bicyclic) bond motifs is 7. The molecule has 1 spiro atoms. The largest absolute Gasteiger partial charge is 0.310 e. The van der Waals surface area contributed by atoms with Gasteiger partial charge in [-0.15, -0.1) is 0 Å². The van der Waals surface area contributed by atoms with Crippen LogP contribution in [0.3, 0.4) is 0 Å². The summed E-state index contributed by atoms with van der Waals surface area (Å²) in [5, 5.41) is 2.55. The summed E-state index contributed by atoms with van der Waals surface area (Å²) in [5.74, 6) is 3.28. The van der Waals surface area contributed by atoms with Gasteiger partial charge in [0, 0.05) is 27.9 Å². The molecule has 60 heavy (non-hydrogen) atoms. The predicted molar refractivity (Wildman–Crippen MR) is 250 cm³/mol. The van der Waals surface area contributed by atoms with Crippen molar-refractivity contribution in [3.05, 3.63) is 198 Å². The molecule has 8 aromatic carbocycles. The van der Waals surface area contributed by atoms with Crippen LogP contribution in [0.25, 0.3) is 55.3 Å². The van der Waals surface area contributed by atoms with Crippen molar-refractivity contribution >= 4 is 27.8 Å². The lowest BCUT2D eigenvalue weighted by atomic mass is 9.43. The second-order valence-electron chi connectivity index (χ2n) is 19.3. The first-order valence-corrected chi connectivity index (χ1v) is 22.4. The molecule has 1 heteroatoms. The maximum atomic E-state index is 2.63. The van der Waals surface area contributed by atoms with Gasteiger partial charge in [-0.2, -0.15) is 0 Å². The van der Waals surface area contributed by atoms with Crippen molar-refractivity contribution in [1.29, 1.82) is 0 Å². The van der Waals surface area contributed by atoms with Crippen LogP contribution >= 0.6 is 0 Å². The zero-order valence-electron chi connectivity index (χ0n) is 34.5.